The highest BCUT2D eigenvalue weighted by Crippen LogP contribution is 2.33. The molecule has 2 rings (SSSR count). The fraction of sp³-hybridized carbons (Fsp3) is 0.667. The Labute approximate surface area is 126 Å². The lowest BCUT2D eigenvalue weighted by molar-refractivity contribution is -0.128. The number of amides is 1. The van der Waals surface area contributed by atoms with Crippen LogP contribution in [0.25, 0.3) is 0 Å². The van der Waals surface area contributed by atoms with Gasteiger partial charge in [0.1, 0.15) is 17.5 Å². The summed E-state index contributed by atoms with van der Waals surface area (Å²) in [6.45, 7) is 5.67. The van der Waals surface area contributed by atoms with Gasteiger partial charge in [0.05, 0.1) is 5.41 Å². The maximum atomic E-state index is 12.0. The number of rotatable bonds is 5. The van der Waals surface area contributed by atoms with Gasteiger partial charge in [0.25, 0.3) is 0 Å². The highest BCUT2D eigenvalue weighted by atomic mass is 16.2. The Balaban J connectivity index is 2.23. The Morgan fingerprint density at radius 1 is 1.43 bits per heavy atom. The van der Waals surface area contributed by atoms with E-state index in [4.69, 9.17) is 0 Å². The number of hydrogen-bond acceptors (Lipinski definition) is 5. The molecule has 2 heterocycles. The number of anilines is 2. The second-order valence-corrected chi connectivity index (χ2v) is 5.84. The third-order valence-corrected chi connectivity index (χ3v) is 4.06. The molecule has 0 bridgehead atoms. The highest BCUT2D eigenvalue weighted by Gasteiger charge is 2.40. The van der Waals surface area contributed by atoms with Gasteiger partial charge in [0.2, 0.25) is 5.91 Å². The fourth-order valence-corrected chi connectivity index (χ4v) is 2.75. The van der Waals surface area contributed by atoms with Crippen molar-refractivity contribution in [2.75, 3.05) is 37.4 Å². The van der Waals surface area contributed by atoms with Crippen molar-refractivity contribution < 1.29 is 4.79 Å². The average molecular weight is 291 g/mol. The van der Waals surface area contributed by atoms with Crippen LogP contribution in [-0.2, 0) is 11.2 Å². The van der Waals surface area contributed by atoms with Crippen LogP contribution in [0.4, 0.5) is 11.6 Å². The van der Waals surface area contributed by atoms with E-state index in [9.17, 15) is 4.79 Å². The summed E-state index contributed by atoms with van der Waals surface area (Å²) in [6, 6.07) is 1.95. The first-order valence-corrected chi connectivity index (χ1v) is 7.55. The van der Waals surface area contributed by atoms with Gasteiger partial charge in [-0.25, -0.2) is 9.97 Å². The average Bonchev–Trinajstić information content (AvgIpc) is 2.90. The van der Waals surface area contributed by atoms with Gasteiger partial charge >= 0.3 is 0 Å². The van der Waals surface area contributed by atoms with Crippen LogP contribution in [0.2, 0.25) is 0 Å². The molecular formula is C15H25N5O. The Morgan fingerprint density at radius 3 is 2.81 bits per heavy atom. The van der Waals surface area contributed by atoms with E-state index in [1.165, 1.54) is 0 Å². The topological polar surface area (TPSA) is 70.2 Å². The minimum atomic E-state index is -0.343. The lowest BCUT2D eigenvalue weighted by Crippen LogP contribution is -2.39. The number of nitrogens with zero attached hydrogens (tertiary/aromatic N) is 3. The summed E-state index contributed by atoms with van der Waals surface area (Å²) in [7, 11) is 3.56. The van der Waals surface area contributed by atoms with Crippen molar-refractivity contribution in [3.8, 4) is 0 Å². The molecule has 6 heteroatoms. The molecule has 1 amide bonds. The van der Waals surface area contributed by atoms with E-state index >= 15 is 0 Å². The summed E-state index contributed by atoms with van der Waals surface area (Å²) in [6.07, 6.45) is 2.72. The number of nitrogens with one attached hydrogen (secondary N) is 2. The van der Waals surface area contributed by atoms with Gasteiger partial charge in [0.15, 0.2) is 0 Å². The van der Waals surface area contributed by atoms with Gasteiger partial charge in [-0.05, 0) is 19.8 Å². The minimum Gasteiger partial charge on any atom is -0.373 e. The van der Waals surface area contributed by atoms with Gasteiger partial charge in [0, 0.05) is 39.7 Å². The molecule has 2 N–H and O–H groups in total. The molecule has 21 heavy (non-hydrogen) atoms. The molecule has 1 aliphatic heterocycles. The predicted octanol–water partition coefficient (Wildman–Crippen LogP) is 1.43. The second-order valence-electron chi connectivity index (χ2n) is 5.84. The molecule has 0 aromatic carbocycles. The van der Waals surface area contributed by atoms with E-state index in [1.807, 2.05) is 20.0 Å². The number of carbonyl (C=O) groups excluding carboxylic acids is 1. The Morgan fingerprint density at radius 2 is 2.19 bits per heavy atom. The van der Waals surface area contributed by atoms with Crippen molar-refractivity contribution in [2.24, 2.45) is 5.41 Å². The van der Waals surface area contributed by atoms with Crippen LogP contribution in [0.3, 0.4) is 0 Å². The first-order valence-electron chi connectivity index (χ1n) is 7.55. The van der Waals surface area contributed by atoms with Gasteiger partial charge < -0.3 is 15.5 Å². The Kier molecular flexibility index (Phi) is 4.65. The number of carbonyl (C=O) groups is 1. The van der Waals surface area contributed by atoms with Gasteiger partial charge in [-0.2, -0.15) is 0 Å². The molecule has 1 unspecified atom stereocenters. The van der Waals surface area contributed by atoms with Crippen molar-refractivity contribution in [3.63, 3.8) is 0 Å². The lowest BCUT2D eigenvalue weighted by Gasteiger charge is -2.23. The van der Waals surface area contributed by atoms with Crippen molar-refractivity contribution >= 4 is 17.5 Å². The summed E-state index contributed by atoms with van der Waals surface area (Å²) in [5, 5.41) is 5.85. The molecule has 1 saturated heterocycles. The maximum absolute atomic E-state index is 12.0. The van der Waals surface area contributed by atoms with E-state index in [0.29, 0.717) is 6.54 Å². The first-order chi connectivity index (χ1) is 10.0. The van der Waals surface area contributed by atoms with E-state index in [2.05, 4.69) is 32.4 Å². The van der Waals surface area contributed by atoms with E-state index < -0.39 is 0 Å². The van der Waals surface area contributed by atoms with Crippen LogP contribution in [0.5, 0.6) is 0 Å². The molecule has 0 radical (unpaired) electrons. The molecular weight excluding hydrogens is 266 g/mol. The minimum absolute atomic E-state index is 0.0988. The summed E-state index contributed by atoms with van der Waals surface area (Å²) in [5.74, 6) is 2.69. The molecule has 1 aromatic rings. The molecule has 116 valence electrons. The third-order valence-electron chi connectivity index (χ3n) is 4.06. The third kappa shape index (κ3) is 3.25. The smallest absolute Gasteiger partial charge is 0.227 e. The summed E-state index contributed by atoms with van der Waals surface area (Å²) in [5.41, 5.74) is -0.343. The lowest BCUT2D eigenvalue weighted by atomic mass is 9.89. The predicted molar refractivity (Wildman–Crippen MR) is 84.6 cm³/mol. The van der Waals surface area contributed by atoms with Crippen LogP contribution in [0.1, 0.15) is 32.5 Å². The molecule has 0 saturated carbocycles. The number of hydrogen-bond donors (Lipinski definition) is 2. The fourth-order valence-electron chi connectivity index (χ4n) is 2.75. The zero-order valence-electron chi connectivity index (χ0n) is 13.4. The van der Waals surface area contributed by atoms with Crippen molar-refractivity contribution in [1.82, 2.24) is 15.3 Å². The standard InChI is InChI=1S/C15H25N5O/c1-5-6-11-18-12(16-3)9-13(19-11)20-8-7-15(2,10-20)14(21)17-4/h9H,5-8,10H2,1-4H3,(H,17,21)(H,16,18,19). The summed E-state index contributed by atoms with van der Waals surface area (Å²) in [4.78, 5) is 23.3. The zero-order chi connectivity index (χ0) is 15.5. The second kappa shape index (κ2) is 6.28. The molecule has 1 aromatic heterocycles. The van der Waals surface area contributed by atoms with E-state index in [-0.39, 0.29) is 11.3 Å². The van der Waals surface area contributed by atoms with Crippen LogP contribution in [-0.4, -0.2) is 43.1 Å². The molecule has 0 spiro atoms. The molecule has 1 aliphatic rings. The number of aromatic nitrogens is 2. The Hall–Kier alpha value is -1.85. The SMILES string of the molecule is CCCc1nc(NC)cc(N2CCC(C)(C(=O)NC)C2)n1. The summed E-state index contributed by atoms with van der Waals surface area (Å²) >= 11 is 0. The van der Waals surface area contributed by atoms with E-state index in [0.717, 1.165) is 43.3 Å². The zero-order valence-corrected chi connectivity index (χ0v) is 13.4. The van der Waals surface area contributed by atoms with Crippen molar-refractivity contribution in [2.45, 2.75) is 33.1 Å². The first kappa shape index (κ1) is 15.5. The normalized spacial score (nSPS) is 21.4. The van der Waals surface area contributed by atoms with Crippen molar-refractivity contribution in [1.29, 1.82) is 0 Å². The van der Waals surface area contributed by atoms with Gasteiger partial charge in [-0.3, -0.25) is 4.79 Å². The molecule has 0 aliphatic carbocycles. The highest BCUT2D eigenvalue weighted by molar-refractivity contribution is 5.83. The van der Waals surface area contributed by atoms with Gasteiger partial charge in [-0.15, -0.1) is 0 Å². The number of aryl methyl sites for hydroxylation is 1. The molecule has 6 nitrogen and oxygen atoms in total. The van der Waals surface area contributed by atoms with Crippen molar-refractivity contribution in [3.05, 3.63) is 11.9 Å². The van der Waals surface area contributed by atoms with E-state index in [1.54, 1.807) is 7.05 Å². The molecule has 1 atom stereocenters. The van der Waals surface area contributed by atoms with Crippen LogP contribution < -0.4 is 15.5 Å². The quantitative estimate of drug-likeness (QED) is 0.859. The maximum Gasteiger partial charge on any atom is 0.227 e. The monoisotopic (exact) mass is 291 g/mol. The van der Waals surface area contributed by atoms with Crippen LogP contribution in [0, 0.1) is 5.41 Å². The van der Waals surface area contributed by atoms with Crippen LogP contribution in [0.15, 0.2) is 6.07 Å². The van der Waals surface area contributed by atoms with Gasteiger partial charge in [-0.1, -0.05) is 6.92 Å². The Bertz CT molecular complexity index is 519. The summed E-state index contributed by atoms with van der Waals surface area (Å²) < 4.78 is 0. The molecule has 1 fully saturated rings. The van der Waals surface area contributed by atoms with Crippen LogP contribution >= 0.6 is 0 Å². The largest absolute Gasteiger partial charge is 0.373 e.